The normalized spacial score (nSPS) is 10.8. The van der Waals surface area contributed by atoms with Crippen LogP contribution in [0.1, 0.15) is 5.56 Å². The Morgan fingerprint density at radius 1 is 1.08 bits per heavy atom. The molecule has 2 aromatic carbocycles. The number of para-hydroxylation sites is 1. The summed E-state index contributed by atoms with van der Waals surface area (Å²) in [6.07, 6.45) is 2.78. The molecule has 0 heterocycles. The fourth-order valence-electron chi connectivity index (χ4n) is 1.87. The van der Waals surface area contributed by atoms with Crippen molar-refractivity contribution in [3.63, 3.8) is 0 Å². The number of ether oxygens (including phenoxy) is 1. The number of alkyl halides is 2. The summed E-state index contributed by atoms with van der Waals surface area (Å²) < 4.78 is 29.8. The standard InChI is InChI=1S/C18H15F2NO3S/c19-18(20)25-15-9-5-4-8-14(15)21-16(22)12-24-17(23)11-10-13-6-2-1-3-7-13/h1-11,18H,12H2,(H,21,22)/b11-10+. The summed E-state index contributed by atoms with van der Waals surface area (Å²) >= 11 is 0.330. The molecule has 0 unspecified atom stereocenters. The van der Waals surface area contributed by atoms with Gasteiger partial charge in [-0.3, -0.25) is 4.79 Å². The highest BCUT2D eigenvalue weighted by atomic mass is 32.2. The van der Waals surface area contributed by atoms with Gasteiger partial charge in [-0.2, -0.15) is 8.78 Å². The van der Waals surface area contributed by atoms with E-state index in [1.165, 1.54) is 18.2 Å². The quantitative estimate of drug-likeness (QED) is 0.455. The number of nitrogens with one attached hydrogen (secondary N) is 1. The summed E-state index contributed by atoms with van der Waals surface area (Å²) in [6.45, 7) is -0.508. The molecule has 0 aromatic heterocycles. The van der Waals surface area contributed by atoms with E-state index in [-0.39, 0.29) is 10.6 Å². The number of halogens is 2. The molecule has 0 radical (unpaired) electrons. The maximum Gasteiger partial charge on any atom is 0.331 e. The maximum absolute atomic E-state index is 12.5. The minimum atomic E-state index is -2.60. The first kappa shape index (κ1) is 18.7. The van der Waals surface area contributed by atoms with Gasteiger partial charge in [0.05, 0.1) is 5.69 Å². The molecular formula is C18H15F2NO3S. The number of rotatable bonds is 7. The molecule has 7 heteroatoms. The van der Waals surface area contributed by atoms with Gasteiger partial charge in [0.1, 0.15) is 0 Å². The Labute approximate surface area is 147 Å². The zero-order valence-corrected chi connectivity index (χ0v) is 13.8. The highest BCUT2D eigenvalue weighted by molar-refractivity contribution is 7.99. The molecule has 2 rings (SSSR count). The zero-order valence-electron chi connectivity index (χ0n) is 13.0. The minimum absolute atomic E-state index is 0.237. The lowest BCUT2D eigenvalue weighted by molar-refractivity contribution is -0.142. The van der Waals surface area contributed by atoms with E-state index in [1.807, 2.05) is 30.3 Å². The van der Waals surface area contributed by atoms with Crippen LogP contribution >= 0.6 is 11.8 Å². The van der Waals surface area contributed by atoms with Crippen molar-refractivity contribution in [2.45, 2.75) is 10.7 Å². The average molecular weight is 363 g/mol. The van der Waals surface area contributed by atoms with E-state index < -0.39 is 24.2 Å². The number of carbonyl (C=O) groups is 2. The van der Waals surface area contributed by atoms with E-state index >= 15 is 0 Å². The zero-order chi connectivity index (χ0) is 18.1. The van der Waals surface area contributed by atoms with Gasteiger partial charge < -0.3 is 10.1 Å². The third kappa shape index (κ3) is 6.76. The molecule has 2 aromatic rings. The van der Waals surface area contributed by atoms with Crippen LogP contribution in [0.3, 0.4) is 0 Å². The molecule has 1 amide bonds. The highest BCUT2D eigenvalue weighted by Gasteiger charge is 2.12. The third-order valence-electron chi connectivity index (χ3n) is 2.93. The summed E-state index contributed by atoms with van der Waals surface area (Å²) in [7, 11) is 0. The highest BCUT2D eigenvalue weighted by Crippen LogP contribution is 2.31. The first-order valence-electron chi connectivity index (χ1n) is 7.28. The second-order valence-electron chi connectivity index (χ2n) is 4.77. The number of anilines is 1. The number of benzene rings is 2. The molecule has 0 aliphatic heterocycles. The van der Waals surface area contributed by atoms with Gasteiger partial charge in [0.25, 0.3) is 11.7 Å². The summed E-state index contributed by atoms with van der Waals surface area (Å²) in [5.41, 5.74) is 1.07. The Morgan fingerprint density at radius 2 is 1.76 bits per heavy atom. The lowest BCUT2D eigenvalue weighted by Gasteiger charge is -2.10. The third-order valence-corrected chi connectivity index (χ3v) is 3.72. The molecule has 25 heavy (non-hydrogen) atoms. The van der Waals surface area contributed by atoms with Crippen LogP contribution in [0.4, 0.5) is 14.5 Å². The topological polar surface area (TPSA) is 55.4 Å². The van der Waals surface area contributed by atoms with Gasteiger partial charge in [-0.25, -0.2) is 4.79 Å². The van der Waals surface area contributed by atoms with Crippen LogP contribution in [0.5, 0.6) is 0 Å². The van der Waals surface area contributed by atoms with E-state index in [4.69, 9.17) is 4.74 Å². The smallest absolute Gasteiger partial charge is 0.331 e. The lowest BCUT2D eigenvalue weighted by atomic mass is 10.2. The van der Waals surface area contributed by atoms with Crippen molar-refractivity contribution in [3.8, 4) is 0 Å². The maximum atomic E-state index is 12.5. The average Bonchev–Trinajstić information content (AvgIpc) is 2.60. The Hall–Kier alpha value is -2.67. The van der Waals surface area contributed by atoms with Gasteiger partial charge in [0.15, 0.2) is 6.61 Å². The minimum Gasteiger partial charge on any atom is -0.452 e. The van der Waals surface area contributed by atoms with Crippen molar-refractivity contribution in [2.75, 3.05) is 11.9 Å². The predicted molar refractivity (Wildman–Crippen MR) is 93.4 cm³/mol. The van der Waals surface area contributed by atoms with Gasteiger partial charge >= 0.3 is 5.97 Å². The van der Waals surface area contributed by atoms with Crippen LogP contribution in [0.2, 0.25) is 0 Å². The SMILES string of the molecule is O=C(COC(=O)/C=C/c1ccccc1)Nc1ccccc1SC(F)F. The van der Waals surface area contributed by atoms with E-state index in [9.17, 15) is 18.4 Å². The van der Waals surface area contributed by atoms with Crippen LogP contribution in [-0.4, -0.2) is 24.2 Å². The summed E-state index contributed by atoms with van der Waals surface area (Å²) in [6, 6.07) is 15.3. The number of hydrogen-bond donors (Lipinski definition) is 1. The van der Waals surface area contributed by atoms with Crippen molar-refractivity contribution in [3.05, 3.63) is 66.2 Å². The Morgan fingerprint density at radius 3 is 2.48 bits per heavy atom. The van der Waals surface area contributed by atoms with Gasteiger partial charge in [-0.15, -0.1) is 0 Å². The largest absolute Gasteiger partial charge is 0.452 e. The summed E-state index contributed by atoms with van der Waals surface area (Å²) in [4.78, 5) is 23.7. The van der Waals surface area contributed by atoms with Crippen molar-refractivity contribution in [1.29, 1.82) is 0 Å². The van der Waals surface area contributed by atoms with Gasteiger partial charge in [-0.05, 0) is 23.8 Å². The molecule has 0 aliphatic rings. The van der Waals surface area contributed by atoms with E-state index in [0.717, 1.165) is 5.56 Å². The summed E-state index contributed by atoms with van der Waals surface area (Å²) in [5, 5.41) is 2.45. The molecular weight excluding hydrogens is 348 g/mol. The fourth-order valence-corrected chi connectivity index (χ4v) is 2.46. The lowest BCUT2D eigenvalue weighted by Crippen LogP contribution is -2.20. The summed E-state index contributed by atoms with van der Waals surface area (Å²) in [5.74, 6) is -3.88. The van der Waals surface area contributed by atoms with Gasteiger partial charge in [-0.1, -0.05) is 54.2 Å². The van der Waals surface area contributed by atoms with Crippen LogP contribution in [0, 0.1) is 0 Å². The molecule has 0 spiro atoms. The van der Waals surface area contributed by atoms with Gasteiger partial charge in [0.2, 0.25) is 0 Å². The van der Waals surface area contributed by atoms with Crippen LogP contribution in [0.15, 0.2) is 65.6 Å². The number of hydrogen-bond acceptors (Lipinski definition) is 4. The molecule has 4 nitrogen and oxygen atoms in total. The number of amides is 1. The number of esters is 1. The fraction of sp³-hybridized carbons (Fsp3) is 0.111. The number of thioether (sulfide) groups is 1. The second-order valence-corrected chi connectivity index (χ2v) is 5.81. The van der Waals surface area contributed by atoms with Gasteiger partial charge in [0, 0.05) is 11.0 Å². The number of carbonyl (C=O) groups excluding carboxylic acids is 2. The van der Waals surface area contributed by atoms with Crippen molar-refractivity contribution in [1.82, 2.24) is 0 Å². The monoisotopic (exact) mass is 363 g/mol. The van der Waals surface area contributed by atoms with Crippen LogP contribution in [-0.2, 0) is 14.3 Å². The second kappa shape index (κ2) is 9.58. The molecule has 0 fully saturated rings. The molecule has 0 aliphatic carbocycles. The molecule has 130 valence electrons. The molecule has 0 bridgehead atoms. The van der Waals surface area contributed by atoms with Crippen LogP contribution < -0.4 is 5.32 Å². The molecule has 0 saturated carbocycles. The first-order valence-corrected chi connectivity index (χ1v) is 8.16. The van der Waals surface area contributed by atoms with Crippen LogP contribution in [0.25, 0.3) is 6.08 Å². The Kier molecular flexibility index (Phi) is 7.16. The molecule has 0 atom stereocenters. The first-order chi connectivity index (χ1) is 12.0. The predicted octanol–water partition coefficient (Wildman–Crippen LogP) is 4.20. The molecule has 1 N–H and O–H groups in total. The van der Waals surface area contributed by atoms with E-state index in [2.05, 4.69) is 5.32 Å². The Balaban J connectivity index is 1.85. The molecule has 0 saturated heterocycles. The van der Waals surface area contributed by atoms with Crippen molar-refractivity contribution in [2.24, 2.45) is 0 Å². The van der Waals surface area contributed by atoms with Crippen molar-refractivity contribution < 1.29 is 23.1 Å². The van der Waals surface area contributed by atoms with E-state index in [1.54, 1.807) is 18.2 Å². The Bertz CT molecular complexity index is 751. The van der Waals surface area contributed by atoms with Crippen molar-refractivity contribution >= 4 is 35.4 Å². The van der Waals surface area contributed by atoms with E-state index in [0.29, 0.717) is 11.8 Å².